The van der Waals surface area contributed by atoms with Crippen molar-refractivity contribution in [2.45, 2.75) is 59.1 Å². The van der Waals surface area contributed by atoms with Crippen molar-refractivity contribution in [3.63, 3.8) is 0 Å². The van der Waals surface area contributed by atoms with E-state index in [1.54, 1.807) is 6.92 Å². The number of carbonyl (C=O) groups is 1. The number of alkyl halides is 3. The van der Waals surface area contributed by atoms with Crippen molar-refractivity contribution in [1.82, 2.24) is 14.6 Å². The van der Waals surface area contributed by atoms with Gasteiger partial charge >= 0.3 is 12.1 Å². The molecule has 0 bridgehead atoms. The summed E-state index contributed by atoms with van der Waals surface area (Å²) in [6.45, 7) is 8.03. The number of hydrogen-bond acceptors (Lipinski definition) is 4. The molecule has 0 aliphatic carbocycles. The van der Waals surface area contributed by atoms with Gasteiger partial charge in [0.05, 0.1) is 11.0 Å². The molecule has 1 aliphatic heterocycles. The average molecular weight is 511 g/mol. The maximum Gasteiger partial charge on any atom is 0.416 e. The van der Waals surface area contributed by atoms with Gasteiger partial charge < -0.3 is 10.0 Å². The normalized spacial score (nSPS) is 18.9. The number of piperidine rings is 1. The van der Waals surface area contributed by atoms with Crippen molar-refractivity contribution < 1.29 is 31.9 Å². The molecule has 0 amide bonds. The molecule has 194 valence electrons. The van der Waals surface area contributed by atoms with Crippen molar-refractivity contribution in [2.24, 2.45) is 5.41 Å². The van der Waals surface area contributed by atoms with E-state index in [1.165, 1.54) is 4.52 Å². The minimum absolute atomic E-state index is 0.0850. The summed E-state index contributed by atoms with van der Waals surface area (Å²) in [7, 11) is 0. The maximum atomic E-state index is 15.6. The molecule has 1 aromatic carbocycles. The minimum atomic E-state index is -4.75. The molecule has 36 heavy (non-hydrogen) atoms. The van der Waals surface area contributed by atoms with Crippen LogP contribution in [0.1, 0.15) is 62.8 Å². The van der Waals surface area contributed by atoms with E-state index in [4.69, 9.17) is 0 Å². The maximum absolute atomic E-state index is 15.6. The van der Waals surface area contributed by atoms with Crippen molar-refractivity contribution in [3.05, 3.63) is 46.7 Å². The van der Waals surface area contributed by atoms with Crippen LogP contribution in [-0.2, 0) is 11.0 Å². The van der Waals surface area contributed by atoms with Gasteiger partial charge in [-0.15, -0.1) is 0 Å². The van der Waals surface area contributed by atoms with Gasteiger partial charge in [0.1, 0.15) is 17.3 Å². The molecule has 1 fully saturated rings. The molecule has 1 atom stereocenters. The molecule has 1 aliphatic rings. The Hall–Kier alpha value is -3.24. The zero-order valence-corrected chi connectivity index (χ0v) is 20.4. The third-order valence-electron chi connectivity index (χ3n) is 7.05. The van der Waals surface area contributed by atoms with Gasteiger partial charge in [-0.1, -0.05) is 20.8 Å². The summed E-state index contributed by atoms with van der Waals surface area (Å²) in [5, 5.41) is 14.2. The third-order valence-corrected chi connectivity index (χ3v) is 7.05. The lowest BCUT2D eigenvalue weighted by Crippen LogP contribution is -2.48. The first kappa shape index (κ1) is 25.8. The number of anilines is 1. The minimum Gasteiger partial charge on any atom is -0.481 e. The monoisotopic (exact) mass is 510 g/mol. The van der Waals surface area contributed by atoms with Crippen LogP contribution >= 0.6 is 0 Å². The van der Waals surface area contributed by atoms with Gasteiger partial charge in [0.2, 0.25) is 0 Å². The van der Waals surface area contributed by atoms with E-state index in [1.807, 2.05) is 25.7 Å². The number of hydrogen-bond donors (Lipinski definition) is 1. The Kier molecular flexibility index (Phi) is 6.47. The zero-order valence-electron chi connectivity index (χ0n) is 20.4. The SMILES string of the molecule is CC[C@]1(C(=O)O)CCCN(c2c(C(C)C)c(C)nc3c(F)c(-c4ccc(C(F)(F)F)cc4F)nn23)C1. The summed E-state index contributed by atoms with van der Waals surface area (Å²) in [6, 6.07) is 1.84. The highest BCUT2D eigenvalue weighted by molar-refractivity contribution is 5.76. The highest BCUT2D eigenvalue weighted by Gasteiger charge is 2.42. The largest absolute Gasteiger partial charge is 0.481 e. The van der Waals surface area contributed by atoms with Crippen molar-refractivity contribution in [3.8, 4) is 11.3 Å². The summed E-state index contributed by atoms with van der Waals surface area (Å²) in [4.78, 5) is 18.4. The Balaban J connectivity index is 1.95. The van der Waals surface area contributed by atoms with E-state index in [0.717, 1.165) is 11.6 Å². The van der Waals surface area contributed by atoms with Crippen LogP contribution < -0.4 is 4.90 Å². The van der Waals surface area contributed by atoms with Crippen LogP contribution in [-0.4, -0.2) is 38.8 Å². The van der Waals surface area contributed by atoms with E-state index in [9.17, 15) is 27.5 Å². The lowest BCUT2D eigenvalue weighted by atomic mass is 9.77. The van der Waals surface area contributed by atoms with Crippen LogP contribution in [0.25, 0.3) is 16.9 Å². The molecule has 2 aromatic heterocycles. The quantitative estimate of drug-likeness (QED) is 0.414. The van der Waals surface area contributed by atoms with Crippen molar-refractivity contribution in [2.75, 3.05) is 18.0 Å². The Labute approximate surface area is 204 Å². The van der Waals surface area contributed by atoms with E-state index >= 15 is 4.39 Å². The number of nitrogens with zero attached hydrogens (tertiary/aromatic N) is 4. The van der Waals surface area contributed by atoms with Crippen LogP contribution in [0.2, 0.25) is 0 Å². The molecule has 0 unspecified atom stereocenters. The van der Waals surface area contributed by atoms with Gasteiger partial charge in [-0.05, 0) is 50.3 Å². The van der Waals surface area contributed by atoms with Crippen molar-refractivity contribution >= 4 is 17.4 Å². The highest BCUT2D eigenvalue weighted by atomic mass is 19.4. The van der Waals surface area contributed by atoms with Gasteiger partial charge in [0, 0.05) is 29.9 Å². The first-order valence-electron chi connectivity index (χ1n) is 11.7. The Morgan fingerprint density at radius 3 is 2.50 bits per heavy atom. The van der Waals surface area contributed by atoms with E-state index in [2.05, 4.69) is 10.1 Å². The predicted molar refractivity (Wildman–Crippen MR) is 124 cm³/mol. The number of aromatic nitrogens is 3. The predicted octanol–water partition coefficient (Wildman–Crippen LogP) is 6.21. The van der Waals surface area contributed by atoms with Crippen LogP contribution in [0, 0.1) is 24.0 Å². The number of aryl methyl sites for hydroxylation is 1. The number of carboxylic acids is 1. The van der Waals surface area contributed by atoms with E-state index in [-0.39, 0.29) is 18.1 Å². The van der Waals surface area contributed by atoms with Crippen LogP contribution in [0.4, 0.5) is 27.8 Å². The zero-order chi connectivity index (χ0) is 26.6. The number of benzene rings is 1. The molecule has 0 saturated carbocycles. The molecule has 1 saturated heterocycles. The number of halogens is 5. The van der Waals surface area contributed by atoms with Gasteiger partial charge in [-0.2, -0.15) is 22.8 Å². The second-order valence-corrected chi connectivity index (χ2v) is 9.64. The molecule has 0 spiro atoms. The Bertz CT molecular complexity index is 1330. The molecule has 11 heteroatoms. The summed E-state index contributed by atoms with van der Waals surface area (Å²) in [5.74, 6) is -2.77. The fourth-order valence-electron chi connectivity index (χ4n) is 5.09. The lowest BCUT2D eigenvalue weighted by Gasteiger charge is -2.41. The molecular weight excluding hydrogens is 483 g/mol. The summed E-state index contributed by atoms with van der Waals surface area (Å²) >= 11 is 0. The highest BCUT2D eigenvalue weighted by Crippen LogP contribution is 2.40. The molecule has 4 rings (SSSR count). The van der Waals surface area contributed by atoms with Crippen LogP contribution in [0.3, 0.4) is 0 Å². The number of rotatable bonds is 5. The second kappa shape index (κ2) is 9.01. The van der Waals surface area contributed by atoms with E-state index in [0.29, 0.717) is 49.5 Å². The molecule has 6 nitrogen and oxygen atoms in total. The molecule has 0 radical (unpaired) electrons. The smallest absolute Gasteiger partial charge is 0.416 e. The average Bonchev–Trinajstić information content (AvgIpc) is 3.12. The first-order chi connectivity index (χ1) is 16.8. The molecular formula is C25H27F5N4O2. The van der Waals surface area contributed by atoms with Gasteiger partial charge in [0.15, 0.2) is 11.5 Å². The fourth-order valence-corrected chi connectivity index (χ4v) is 5.09. The first-order valence-corrected chi connectivity index (χ1v) is 11.7. The Morgan fingerprint density at radius 1 is 1.25 bits per heavy atom. The standard InChI is InChI=1S/C25H27F5N4O2/c1-5-24(23(35)36)9-6-10-33(12-24)22-18(13(2)3)14(4)31-21-19(27)20(32-34(21)22)16-8-7-15(11-17(16)26)25(28,29)30/h7-8,11,13H,5-6,9-10,12H2,1-4H3,(H,35,36)/t24-/m0/s1. The van der Waals surface area contributed by atoms with Gasteiger partial charge in [-0.25, -0.2) is 13.8 Å². The summed E-state index contributed by atoms with van der Waals surface area (Å²) in [6.07, 6.45) is -3.27. The van der Waals surface area contributed by atoms with Gasteiger partial charge in [-0.3, -0.25) is 4.79 Å². The summed E-state index contributed by atoms with van der Waals surface area (Å²) in [5.41, 5.74) is -2.04. The van der Waals surface area contributed by atoms with Crippen molar-refractivity contribution in [1.29, 1.82) is 0 Å². The third kappa shape index (κ3) is 4.18. The lowest BCUT2D eigenvalue weighted by molar-refractivity contribution is -0.149. The van der Waals surface area contributed by atoms with Crippen LogP contribution in [0.5, 0.6) is 0 Å². The number of aliphatic carboxylic acids is 1. The molecule has 1 N–H and O–H groups in total. The van der Waals surface area contributed by atoms with Gasteiger partial charge in [0.25, 0.3) is 0 Å². The Morgan fingerprint density at radius 2 is 1.94 bits per heavy atom. The fraction of sp³-hybridized carbons (Fsp3) is 0.480. The molecule has 3 aromatic rings. The number of fused-ring (bicyclic) bond motifs is 1. The summed E-state index contributed by atoms with van der Waals surface area (Å²) < 4.78 is 70.6. The molecule has 3 heterocycles. The van der Waals surface area contributed by atoms with Crippen LogP contribution in [0.15, 0.2) is 18.2 Å². The topological polar surface area (TPSA) is 70.7 Å². The second-order valence-electron chi connectivity index (χ2n) is 9.64. The van der Waals surface area contributed by atoms with E-state index < -0.39 is 46.0 Å². The number of carboxylic acid groups (broad SMARTS) is 1.